The van der Waals surface area contributed by atoms with E-state index < -0.39 is 40.2 Å². The third kappa shape index (κ3) is 2.49. The number of benzene rings is 1. The molecule has 1 aromatic rings. The van der Waals surface area contributed by atoms with Crippen LogP contribution in [0.4, 0.5) is 0 Å². The lowest BCUT2D eigenvalue weighted by Gasteiger charge is -2.43. The predicted molar refractivity (Wildman–Crippen MR) is 113 cm³/mol. The Bertz CT molecular complexity index is 1050. The van der Waals surface area contributed by atoms with Gasteiger partial charge in [-0.05, 0) is 36.7 Å². The molecular weight excluding hydrogens is 424 g/mol. The van der Waals surface area contributed by atoms with E-state index in [1.54, 1.807) is 0 Å². The van der Waals surface area contributed by atoms with E-state index in [4.69, 9.17) is 14.2 Å². The maximum absolute atomic E-state index is 13.5. The van der Waals surface area contributed by atoms with E-state index in [9.17, 15) is 19.2 Å². The topological polar surface area (TPSA) is 96.0 Å². The van der Waals surface area contributed by atoms with Crippen molar-refractivity contribution in [1.29, 1.82) is 0 Å². The molecule has 174 valence electrons. The van der Waals surface area contributed by atoms with Crippen LogP contribution in [0.15, 0.2) is 30.3 Å². The van der Waals surface area contributed by atoms with Crippen LogP contribution in [0.3, 0.4) is 0 Å². The molecule has 0 unspecified atom stereocenters. The summed E-state index contributed by atoms with van der Waals surface area (Å²) in [6.45, 7) is 0.126. The average Bonchev–Trinajstić information content (AvgIpc) is 3.29. The number of carbonyl (C=O) groups excluding carboxylic acids is 4. The first-order valence-electron chi connectivity index (χ1n) is 11.9. The summed E-state index contributed by atoms with van der Waals surface area (Å²) in [4.78, 5) is 53.2. The highest BCUT2D eigenvalue weighted by Crippen LogP contribution is 2.76. The van der Waals surface area contributed by atoms with E-state index in [-0.39, 0.29) is 43.0 Å². The van der Waals surface area contributed by atoms with Crippen molar-refractivity contribution in [3.05, 3.63) is 35.9 Å². The van der Waals surface area contributed by atoms with E-state index in [1.807, 2.05) is 30.3 Å². The van der Waals surface area contributed by atoms with Crippen molar-refractivity contribution in [2.45, 2.75) is 50.7 Å². The monoisotopic (exact) mass is 452 g/mol. The van der Waals surface area contributed by atoms with Gasteiger partial charge in [0, 0.05) is 30.6 Å². The number of rotatable bonds is 5. The van der Waals surface area contributed by atoms with Gasteiger partial charge in [-0.1, -0.05) is 30.3 Å². The maximum Gasteiger partial charge on any atom is 0.323 e. The van der Waals surface area contributed by atoms with Gasteiger partial charge in [-0.2, -0.15) is 0 Å². The molecule has 1 saturated heterocycles. The standard InChI is InChI=1S/C26H28O7/c1-31-22(29)20-21-25(14-32-13-15-5-3-2-4-6-15)19(28)9-10-26(21,33-23(25)30)18-8-7-16-11-24(18,20)12-17(16)27/h2-6,16,18,20-21H,7-14H2,1H3/t16-,18-,20-,21-,24-,25+,26-/m1/s1. The van der Waals surface area contributed by atoms with E-state index in [0.29, 0.717) is 19.3 Å². The van der Waals surface area contributed by atoms with E-state index in [2.05, 4.69) is 0 Å². The molecule has 0 aromatic heterocycles. The van der Waals surface area contributed by atoms with E-state index in [0.717, 1.165) is 18.4 Å². The molecule has 7 atom stereocenters. The van der Waals surface area contributed by atoms with Crippen LogP contribution in [0.2, 0.25) is 0 Å². The van der Waals surface area contributed by atoms with Crippen LogP contribution < -0.4 is 0 Å². The minimum atomic E-state index is -1.53. The Kier molecular flexibility index (Phi) is 4.45. The Hall–Kier alpha value is -2.54. The minimum absolute atomic E-state index is 0.0554. The number of esters is 2. The van der Waals surface area contributed by atoms with Crippen molar-refractivity contribution in [3.8, 4) is 0 Å². The summed E-state index contributed by atoms with van der Waals surface area (Å²) >= 11 is 0. The van der Waals surface area contributed by atoms with Gasteiger partial charge < -0.3 is 14.2 Å². The second kappa shape index (κ2) is 6.98. The molecule has 4 saturated carbocycles. The first-order chi connectivity index (χ1) is 15.9. The zero-order valence-corrected chi connectivity index (χ0v) is 18.7. The molecular formula is C26H28O7. The number of hydrogen-bond acceptors (Lipinski definition) is 7. The molecule has 0 radical (unpaired) electrons. The summed E-state index contributed by atoms with van der Waals surface area (Å²) in [5, 5.41) is 0. The summed E-state index contributed by atoms with van der Waals surface area (Å²) in [6.07, 6.45) is 3.00. The lowest BCUT2D eigenvalue weighted by molar-refractivity contribution is -0.165. The van der Waals surface area contributed by atoms with Crippen molar-refractivity contribution in [2.24, 2.45) is 34.5 Å². The molecule has 6 rings (SSSR count). The van der Waals surface area contributed by atoms with Crippen LogP contribution in [0.25, 0.3) is 0 Å². The number of fused-ring (bicyclic) bond motifs is 1. The fraction of sp³-hybridized carbons (Fsp3) is 0.615. The molecule has 1 heterocycles. The van der Waals surface area contributed by atoms with Crippen molar-refractivity contribution in [2.75, 3.05) is 13.7 Å². The summed E-state index contributed by atoms with van der Waals surface area (Å²) in [7, 11) is 1.34. The van der Waals surface area contributed by atoms with Gasteiger partial charge >= 0.3 is 11.9 Å². The molecule has 1 aliphatic heterocycles. The number of methoxy groups -OCH3 is 1. The van der Waals surface area contributed by atoms with Crippen LogP contribution in [0.1, 0.15) is 44.1 Å². The summed E-state index contributed by atoms with van der Waals surface area (Å²) in [5.41, 5.74) is -2.11. The number of ether oxygens (including phenoxy) is 3. The largest absolute Gasteiger partial charge is 0.469 e. The number of ketones is 2. The Labute approximate surface area is 192 Å². The van der Waals surface area contributed by atoms with Crippen LogP contribution in [-0.4, -0.2) is 42.8 Å². The Morgan fingerprint density at radius 3 is 2.70 bits per heavy atom. The van der Waals surface area contributed by atoms with E-state index >= 15 is 0 Å². The third-order valence-electron chi connectivity index (χ3n) is 9.47. The van der Waals surface area contributed by atoms with Crippen LogP contribution in [-0.2, 0) is 40.0 Å². The molecule has 5 fully saturated rings. The first-order valence-corrected chi connectivity index (χ1v) is 11.9. The molecule has 5 aliphatic rings. The Balaban J connectivity index is 1.44. The summed E-state index contributed by atoms with van der Waals surface area (Å²) in [6, 6.07) is 9.55. The van der Waals surface area contributed by atoms with Gasteiger partial charge in [0.1, 0.15) is 11.4 Å². The zero-order chi connectivity index (χ0) is 23.0. The second-order valence-corrected chi connectivity index (χ2v) is 10.6. The lowest BCUT2D eigenvalue weighted by Crippen LogP contribution is -2.55. The highest BCUT2D eigenvalue weighted by atomic mass is 16.6. The van der Waals surface area contributed by atoms with E-state index in [1.165, 1.54) is 7.11 Å². The van der Waals surface area contributed by atoms with Crippen molar-refractivity contribution in [1.82, 2.24) is 0 Å². The number of hydrogen-bond donors (Lipinski definition) is 0. The Morgan fingerprint density at radius 1 is 1.15 bits per heavy atom. The van der Waals surface area contributed by atoms with Crippen LogP contribution >= 0.6 is 0 Å². The van der Waals surface area contributed by atoms with Gasteiger partial charge in [0.05, 0.1) is 26.2 Å². The van der Waals surface area contributed by atoms with Crippen LogP contribution in [0.5, 0.6) is 0 Å². The fourth-order valence-electron chi connectivity index (χ4n) is 8.37. The smallest absolute Gasteiger partial charge is 0.323 e. The second-order valence-electron chi connectivity index (χ2n) is 10.6. The van der Waals surface area contributed by atoms with Gasteiger partial charge in [0.2, 0.25) is 0 Å². The Morgan fingerprint density at radius 2 is 1.94 bits per heavy atom. The molecule has 0 amide bonds. The molecule has 0 N–H and O–H groups in total. The van der Waals surface area contributed by atoms with Gasteiger partial charge in [-0.3, -0.25) is 19.2 Å². The third-order valence-corrected chi connectivity index (χ3v) is 9.47. The number of Topliss-reactive ketones (excluding diaryl/α,β-unsaturated/α-hetero) is 2. The van der Waals surface area contributed by atoms with Gasteiger partial charge in [0.15, 0.2) is 11.2 Å². The first kappa shape index (κ1) is 21.0. The molecule has 1 spiro atoms. The highest BCUT2D eigenvalue weighted by molar-refractivity contribution is 6.08. The molecule has 7 nitrogen and oxygen atoms in total. The quantitative estimate of drug-likeness (QED) is 0.501. The minimum Gasteiger partial charge on any atom is -0.469 e. The molecule has 4 bridgehead atoms. The van der Waals surface area contributed by atoms with Crippen molar-refractivity contribution in [3.63, 3.8) is 0 Å². The average molecular weight is 453 g/mol. The summed E-state index contributed by atoms with van der Waals surface area (Å²) in [5.74, 6) is -2.60. The zero-order valence-electron chi connectivity index (χ0n) is 18.7. The molecule has 1 aromatic carbocycles. The maximum atomic E-state index is 13.5. The lowest BCUT2D eigenvalue weighted by atomic mass is 9.59. The molecule has 7 heteroatoms. The van der Waals surface area contributed by atoms with Crippen molar-refractivity contribution >= 4 is 23.5 Å². The summed E-state index contributed by atoms with van der Waals surface area (Å²) < 4.78 is 17.4. The van der Waals surface area contributed by atoms with Gasteiger partial charge in [-0.15, -0.1) is 0 Å². The number of carbonyl (C=O) groups is 4. The molecule has 33 heavy (non-hydrogen) atoms. The predicted octanol–water partition coefficient (Wildman–Crippen LogP) is 2.64. The normalized spacial score (nSPS) is 42.6. The SMILES string of the molecule is COC(=O)[C@H]1[C@@H]2[C@]3(COCc4ccccc4)C(=O)CC[C@@]2(OC3=O)[C@@H]2CC[C@@H]3C[C@@]21CC3=O. The molecule has 4 aliphatic carbocycles. The van der Waals surface area contributed by atoms with Crippen LogP contribution in [0, 0.1) is 34.5 Å². The van der Waals surface area contributed by atoms with Gasteiger partial charge in [-0.25, -0.2) is 0 Å². The fourth-order valence-corrected chi connectivity index (χ4v) is 8.37. The van der Waals surface area contributed by atoms with Gasteiger partial charge in [0.25, 0.3) is 0 Å². The van der Waals surface area contributed by atoms with Crippen molar-refractivity contribution < 1.29 is 33.4 Å². The highest BCUT2D eigenvalue weighted by Gasteiger charge is 2.85.